The van der Waals surface area contributed by atoms with Gasteiger partial charge < -0.3 is 20.0 Å². The third kappa shape index (κ3) is 5.97. The molecule has 3 heterocycles. The second-order valence-electron chi connectivity index (χ2n) is 9.98. The van der Waals surface area contributed by atoms with Crippen molar-refractivity contribution in [2.75, 3.05) is 18.4 Å². The number of pyridine rings is 1. The fourth-order valence-electron chi connectivity index (χ4n) is 4.74. The Balaban J connectivity index is 1.18. The smallest absolute Gasteiger partial charge is 0.272 e. The number of fused-ring (bicyclic) bond motifs is 1. The summed E-state index contributed by atoms with van der Waals surface area (Å²) in [4.78, 5) is 37.3. The highest BCUT2D eigenvalue weighted by Crippen LogP contribution is 2.30. The molecule has 208 valence electrons. The molecule has 2 aromatic carbocycles. The average molecular weight is 552 g/mol. The molecule has 2 N–H and O–H groups in total. The number of carbonyl (C=O) groups excluding carboxylic acids is 2. The van der Waals surface area contributed by atoms with E-state index in [1.54, 1.807) is 43.6 Å². The number of carbonyl (C=O) groups is 2. The Kier molecular flexibility index (Phi) is 7.21. The van der Waals surface area contributed by atoms with Crippen molar-refractivity contribution in [3.8, 4) is 11.5 Å². The van der Waals surface area contributed by atoms with E-state index in [9.17, 15) is 9.59 Å². The van der Waals surface area contributed by atoms with Gasteiger partial charge in [-0.2, -0.15) is 4.80 Å². The van der Waals surface area contributed by atoms with E-state index in [1.165, 1.54) is 11.7 Å². The summed E-state index contributed by atoms with van der Waals surface area (Å²) in [7, 11) is 1.73. The van der Waals surface area contributed by atoms with Gasteiger partial charge in [-0.15, -0.1) is 10.2 Å². The van der Waals surface area contributed by atoms with Crippen molar-refractivity contribution in [2.24, 2.45) is 7.05 Å². The number of benzene rings is 2. The Hall–Kier alpha value is -4.97. The highest BCUT2D eigenvalue weighted by molar-refractivity contribution is 5.94. The third-order valence-corrected chi connectivity index (χ3v) is 6.80. The van der Waals surface area contributed by atoms with Gasteiger partial charge in [0, 0.05) is 43.5 Å². The summed E-state index contributed by atoms with van der Waals surface area (Å²) in [6, 6.07) is 18.6. The molecule has 3 aromatic heterocycles. The maximum atomic E-state index is 13.7. The third-order valence-electron chi connectivity index (χ3n) is 6.80. The molecule has 2 amide bonds. The minimum absolute atomic E-state index is 0.144. The summed E-state index contributed by atoms with van der Waals surface area (Å²) in [5.41, 5.74) is 3.80. The highest BCUT2D eigenvalue weighted by atomic mass is 16.3. The maximum Gasteiger partial charge on any atom is 0.272 e. The standard InChI is InChI=1S/C29H29N9O3/c1-18(39)32-21-8-11-25-23(17-21)33-28(41-25)20-12-13-30-24(16-20)29(40)38(22-9-10-22)15-14-31-26(19-6-4-3-5-7-19)27-34-36-37(2)35-27/h3-8,11-13,16-17,22,26,31H,9-10,14-15H2,1-2H3,(H,32,39). The van der Waals surface area contributed by atoms with E-state index in [0.29, 0.717) is 52.8 Å². The number of aryl methyl sites for hydroxylation is 1. The Morgan fingerprint density at radius 3 is 2.68 bits per heavy atom. The fourth-order valence-corrected chi connectivity index (χ4v) is 4.74. The minimum atomic E-state index is -0.257. The van der Waals surface area contributed by atoms with Crippen molar-refractivity contribution in [3.63, 3.8) is 0 Å². The van der Waals surface area contributed by atoms with Gasteiger partial charge in [0.15, 0.2) is 11.4 Å². The number of anilines is 1. The normalized spacial score (nSPS) is 13.7. The van der Waals surface area contributed by atoms with Gasteiger partial charge in [-0.3, -0.25) is 14.6 Å². The van der Waals surface area contributed by atoms with Crippen LogP contribution in [-0.2, 0) is 11.8 Å². The zero-order valence-corrected chi connectivity index (χ0v) is 22.7. The monoisotopic (exact) mass is 551 g/mol. The molecule has 1 fully saturated rings. The second-order valence-corrected chi connectivity index (χ2v) is 9.98. The molecule has 41 heavy (non-hydrogen) atoms. The SMILES string of the molecule is CC(=O)Nc1ccc2oc(-c3ccnc(C(=O)N(CCNC(c4ccccc4)c4nnn(C)n4)C4CC4)c3)nc2c1. The number of amides is 2. The molecule has 12 heteroatoms. The lowest BCUT2D eigenvalue weighted by molar-refractivity contribution is -0.114. The van der Waals surface area contributed by atoms with Crippen LogP contribution >= 0.6 is 0 Å². The van der Waals surface area contributed by atoms with E-state index >= 15 is 0 Å². The first kappa shape index (κ1) is 26.3. The molecule has 1 aliphatic carbocycles. The molecule has 6 rings (SSSR count). The van der Waals surface area contributed by atoms with Crippen LogP contribution in [0.3, 0.4) is 0 Å². The molecule has 1 unspecified atom stereocenters. The Morgan fingerprint density at radius 1 is 1.12 bits per heavy atom. The number of nitrogens with one attached hydrogen (secondary N) is 2. The minimum Gasteiger partial charge on any atom is -0.436 e. The second kappa shape index (κ2) is 11.3. The Labute approximate surface area is 235 Å². The first-order chi connectivity index (χ1) is 19.9. The van der Waals surface area contributed by atoms with Crippen LogP contribution in [0.25, 0.3) is 22.6 Å². The van der Waals surface area contributed by atoms with Crippen LogP contribution in [-0.4, -0.2) is 66.0 Å². The summed E-state index contributed by atoms with van der Waals surface area (Å²) >= 11 is 0. The van der Waals surface area contributed by atoms with Gasteiger partial charge >= 0.3 is 0 Å². The molecule has 0 aliphatic heterocycles. The summed E-state index contributed by atoms with van der Waals surface area (Å²) < 4.78 is 5.94. The molecule has 0 saturated heterocycles. The van der Waals surface area contributed by atoms with E-state index < -0.39 is 0 Å². The van der Waals surface area contributed by atoms with Gasteiger partial charge in [0.25, 0.3) is 5.91 Å². The zero-order chi connectivity index (χ0) is 28.3. The van der Waals surface area contributed by atoms with Crippen LogP contribution in [0.5, 0.6) is 0 Å². The van der Waals surface area contributed by atoms with E-state index in [2.05, 4.69) is 36.0 Å². The van der Waals surface area contributed by atoms with Crippen LogP contribution in [0.2, 0.25) is 0 Å². The molecular weight excluding hydrogens is 522 g/mol. The van der Waals surface area contributed by atoms with Crippen molar-refractivity contribution in [2.45, 2.75) is 31.8 Å². The van der Waals surface area contributed by atoms with E-state index in [4.69, 9.17) is 4.42 Å². The molecule has 5 aromatic rings. The van der Waals surface area contributed by atoms with E-state index in [1.807, 2.05) is 35.2 Å². The topological polar surface area (TPSA) is 144 Å². The lowest BCUT2D eigenvalue weighted by atomic mass is 10.1. The van der Waals surface area contributed by atoms with Crippen LogP contribution in [0, 0.1) is 0 Å². The molecule has 0 bridgehead atoms. The number of hydrogen-bond donors (Lipinski definition) is 2. The summed E-state index contributed by atoms with van der Waals surface area (Å²) in [5.74, 6) is 0.633. The number of oxazole rings is 1. The molecule has 1 atom stereocenters. The zero-order valence-electron chi connectivity index (χ0n) is 22.7. The lowest BCUT2D eigenvalue weighted by Gasteiger charge is -2.24. The van der Waals surface area contributed by atoms with E-state index in [-0.39, 0.29) is 23.9 Å². The first-order valence-electron chi connectivity index (χ1n) is 13.4. The van der Waals surface area contributed by atoms with Gasteiger partial charge in [-0.25, -0.2) is 4.98 Å². The highest BCUT2D eigenvalue weighted by Gasteiger charge is 2.34. The number of hydrogen-bond acceptors (Lipinski definition) is 9. The molecule has 0 radical (unpaired) electrons. The van der Waals surface area contributed by atoms with Crippen molar-refractivity contribution >= 4 is 28.6 Å². The molecule has 12 nitrogen and oxygen atoms in total. The summed E-state index contributed by atoms with van der Waals surface area (Å²) in [6.07, 6.45) is 3.51. The maximum absolute atomic E-state index is 13.7. The quantitative estimate of drug-likeness (QED) is 0.267. The van der Waals surface area contributed by atoms with Crippen molar-refractivity contribution in [1.82, 2.24) is 40.4 Å². The number of nitrogens with zero attached hydrogens (tertiary/aromatic N) is 7. The lowest BCUT2D eigenvalue weighted by Crippen LogP contribution is -2.40. The van der Waals surface area contributed by atoms with Crippen molar-refractivity contribution in [3.05, 3.63) is 83.9 Å². The average Bonchev–Trinajstić information content (AvgIpc) is 3.58. The van der Waals surface area contributed by atoms with Crippen LogP contribution in [0.4, 0.5) is 5.69 Å². The van der Waals surface area contributed by atoms with Crippen molar-refractivity contribution < 1.29 is 14.0 Å². The number of aromatic nitrogens is 6. The van der Waals surface area contributed by atoms with Crippen LogP contribution in [0.15, 0.2) is 71.3 Å². The largest absolute Gasteiger partial charge is 0.436 e. The van der Waals surface area contributed by atoms with E-state index in [0.717, 1.165) is 18.4 Å². The predicted octanol–water partition coefficient (Wildman–Crippen LogP) is 3.36. The number of tetrazole rings is 1. The Bertz CT molecular complexity index is 1690. The molecular formula is C29H29N9O3. The van der Waals surface area contributed by atoms with Crippen molar-refractivity contribution in [1.29, 1.82) is 0 Å². The van der Waals surface area contributed by atoms with Gasteiger partial charge in [0.05, 0.1) is 13.1 Å². The Morgan fingerprint density at radius 2 is 1.95 bits per heavy atom. The fraction of sp³-hybridized carbons (Fsp3) is 0.276. The van der Waals surface area contributed by atoms with Gasteiger partial charge in [-0.05, 0) is 54.0 Å². The van der Waals surface area contributed by atoms with Crippen LogP contribution < -0.4 is 10.6 Å². The number of rotatable bonds is 10. The van der Waals surface area contributed by atoms with Gasteiger partial charge in [-0.1, -0.05) is 30.3 Å². The summed E-state index contributed by atoms with van der Waals surface area (Å²) in [6.45, 7) is 2.47. The predicted molar refractivity (Wildman–Crippen MR) is 151 cm³/mol. The summed E-state index contributed by atoms with van der Waals surface area (Å²) in [5, 5.41) is 18.8. The van der Waals surface area contributed by atoms with Gasteiger partial charge in [0.2, 0.25) is 11.8 Å². The van der Waals surface area contributed by atoms with Gasteiger partial charge in [0.1, 0.15) is 11.2 Å². The molecule has 1 saturated carbocycles. The first-order valence-corrected chi connectivity index (χ1v) is 13.4. The molecule has 1 aliphatic rings. The van der Waals surface area contributed by atoms with Crippen LogP contribution in [0.1, 0.15) is 47.7 Å². The molecule has 0 spiro atoms.